The Hall–Kier alpha value is -3.01. The summed E-state index contributed by atoms with van der Waals surface area (Å²) in [6.45, 7) is 0.146. The minimum atomic E-state index is -1.39. The van der Waals surface area contributed by atoms with E-state index in [1.165, 1.54) is 4.90 Å². The van der Waals surface area contributed by atoms with Crippen LogP contribution in [0.4, 0.5) is 5.69 Å². The Morgan fingerprint density at radius 2 is 1.96 bits per heavy atom. The van der Waals surface area contributed by atoms with Gasteiger partial charge in [0.05, 0.1) is 23.6 Å². The van der Waals surface area contributed by atoms with Gasteiger partial charge in [-0.1, -0.05) is 0 Å². The van der Waals surface area contributed by atoms with E-state index in [4.69, 9.17) is 15.6 Å². The Labute approximate surface area is 129 Å². The Kier molecular flexibility index (Phi) is 4.55. The molecule has 10 heteroatoms. The largest absolute Gasteiger partial charge is 0.478 e. The summed E-state index contributed by atoms with van der Waals surface area (Å²) < 4.78 is 5.11. The molecule has 122 valence electrons. The molecule has 1 heterocycles. The summed E-state index contributed by atoms with van der Waals surface area (Å²) in [6.07, 6.45) is -0.967. The van der Waals surface area contributed by atoms with Gasteiger partial charge in [0.1, 0.15) is 0 Å². The molecule has 1 fully saturated rings. The molecule has 0 saturated carbocycles. The molecule has 23 heavy (non-hydrogen) atoms. The highest BCUT2D eigenvalue weighted by molar-refractivity contribution is 5.98. The summed E-state index contributed by atoms with van der Waals surface area (Å²) in [7, 11) is 0. The summed E-state index contributed by atoms with van der Waals surface area (Å²) in [5.41, 5.74) is 4.10. The molecule has 0 aromatic heterocycles. The van der Waals surface area contributed by atoms with E-state index in [-0.39, 0.29) is 30.8 Å². The number of aromatic carboxylic acids is 1. The molecule has 1 saturated heterocycles. The van der Waals surface area contributed by atoms with Crippen molar-refractivity contribution in [2.75, 3.05) is 19.7 Å². The molecule has 0 bridgehead atoms. The topological polar surface area (TPSA) is 153 Å². The van der Waals surface area contributed by atoms with Crippen molar-refractivity contribution in [3.63, 3.8) is 0 Å². The Bertz CT molecular complexity index is 656. The van der Waals surface area contributed by atoms with Crippen LogP contribution in [0.15, 0.2) is 18.2 Å². The van der Waals surface area contributed by atoms with E-state index >= 15 is 0 Å². The third-order valence-corrected chi connectivity index (χ3v) is 3.29. The fourth-order valence-electron chi connectivity index (χ4n) is 2.15. The lowest BCUT2D eigenvalue weighted by Gasteiger charge is -2.31. The number of nitro groups is 1. The van der Waals surface area contributed by atoms with Gasteiger partial charge in [0.2, 0.25) is 5.91 Å². The zero-order chi connectivity index (χ0) is 17.1. The van der Waals surface area contributed by atoms with Crippen LogP contribution in [0.5, 0.6) is 0 Å². The van der Waals surface area contributed by atoms with Gasteiger partial charge in [0.15, 0.2) is 6.10 Å². The van der Waals surface area contributed by atoms with Gasteiger partial charge < -0.3 is 20.5 Å². The molecular formula is C13H13N3O7. The molecule has 0 spiro atoms. The maximum Gasteiger partial charge on any atom is 0.335 e. The van der Waals surface area contributed by atoms with Gasteiger partial charge in [-0.05, 0) is 6.07 Å². The molecule has 1 aliphatic rings. The summed E-state index contributed by atoms with van der Waals surface area (Å²) in [4.78, 5) is 45.9. The van der Waals surface area contributed by atoms with Crippen molar-refractivity contribution < 1.29 is 29.2 Å². The number of carbonyl (C=O) groups is 3. The van der Waals surface area contributed by atoms with Crippen molar-refractivity contribution in [3.05, 3.63) is 39.4 Å². The molecule has 1 unspecified atom stereocenters. The molecule has 2 rings (SSSR count). The lowest BCUT2D eigenvalue weighted by molar-refractivity contribution is -0.384. The first-order chi connectivity index (χ1) is 10.8. The molecule has 0 aliphatic carbocycles. The van der Waals surface area contributed by atoms with E-state index in [0.717, 1.165) is 18.2 Å². The van der Waals surface area contributed by atoms with Crippen LogP contribution < -0.4 is 5.73 Å². The summed E-state index contributed by atoms with van der Waals surface area (Å²) in [5.74, 6) is -2.75. The van der Waals surface area contributed by atoms with E-state index < -0.39 is 34.5 Å². The number of primary amides is 1. The number of rotatable bonds is 4. The Morgan fingerprint density at radius 1 is 1.30 bits per heavy atom. The zero-order valence-corrected chi connectivity index (χ0v) is 11.8. The van der Waals surface area contributed by atoms with Crippen LogP contribution in [0.25, 0.3) is 0 Å². The van der Waals surface area contributed by atoms with Gasteiger partial charge in [-0.25, -0.2) is 4.79 Å². The van der Waals surface area contributed by atoms with E-state index in [1.54, 1.807) is 0 Å². The monoisotopic (exact) mass is 323 g/mol. The van der Waals surface area contributed by atoms with Gasteiger partial charge in [-0.15, -0.1) is 0 Å². The summed E-state index contributed by atoms with van der Waals surface area (Å²) in [5, 5.41) is 19.9. The van der Waals surface area contributed by atoms with E-state index in [9.17, 15) is 24.5 Å². The number of carbonyl (C=O) groups excluding carboxylic acids is 2. The number of morpholine rings is 1. The number of nitrogens with zero attached hydrogens (tertiary/aromatic N) is 2. The molecule has 3 N–H and O–H groups in total. The maximum atomic E-state index is 12.4. The fourth-order valence-corrected chi connectivity index (χ4v) is 2.15. The van der Waals surface area contributed by atoms with Crippen molar-refractivity contribution in [1.82, 2.24) is 4.90 Å². The number of ether oxygens (including phenoxy) is 1. The molecule has 10 nitrogen and oxygen atoms in total. The van der Waals surface area contributed by atoms with Crippen molar-refractivity contribution >= 4 is 23.5 Å². The first-order valence-corrected chi connectivity index (χ1v) is 6.52. The van der Waals surface area contributed by atoms with E-state index in [0.29, 0.717) is 0 Å². The molecular weight excluding hydrogens is 310 g/mol. The molecule has 1 aliphatic heterocycles. The number of benzene rings is 1. The number of carboxylic acid groups (broad SMARTS) is 1. The molecule has 1 atom stereocenters. The number of nitro benzene ring substituents is 1. The average molecular weight is 323 g/mol. The normalized spacial score (nSPS) is 17.6. The quantitative estimate of drug-likeness (QED) is 0.565. The fraction of sp³-hybridized carbons (Fsp3) is 0.308. The molecule has 1 aromatic carbocycles. The van der Waals surface area contributed by atoms with Gasteiger partial charge >= 0.3 is 5.97 Å². The van der Waals surface area contributed by atoms with Crippen molar-refractivity contribution in [2.24, 2.45) is 5.73 Å². The second kappa shape index (κ2) is 6.40. The van der Waals surface area contributed by atoms with Crippen molar-refractivity contribution in [3.8, 4) is 0 Å². The van der Waals surface area contributed by atoms with E-state index in [2.05, 4.69) is 0 Å². The predicted molar refractivity (Wildman–Crippen MR) is 74.9 cm³/mol. The zero-order valence-electron chi connectivity index (χ0n) is 11.8. The van der Waals surface area contributed by atoms with Crippen LogP contribution >= 0.6 is 0 Å². The third kappa shape index (κ3) is 3.61. The van der Waals surface area contributed by atoms with Crippen LogP contribution in [0.1, 0.15) is 20.7 Å². The smallest absolute Gasteiger partial charge is 0.335 e. The highest BCUT2D eigenvalue weighted by Gasteiger charge is 2.29. The number of nitrogens with two attached hydrogens (primary N) is 1. The summed E-state index contributed by atoms with van der Waals surface area (Å²) >= 11 is 0. The van der Waals surface area contributed by atoms with Crippen LogP contribution in [0.2, 0.25) is 0 Å². The number of hydrogen-bond donors (Lipinski definition) is 2. The standard InChI is InChI=1S/C13H13N3O7/c14-11(17)10-6-15(1-2-23-10)12(18)7-3-8(13(19)20)5-9(4-7)16(21)22/h3-5,10H,1-2,6H2,(H2,14,17)(H,19,20). The third-order valence-electron chi connectivity index (χ3n) is 3.29. The van der Waals surface area contributed by atoms with Gasteiger partial charge in [0, 0.05) is 24.2 Å². The molecule has 1 aromatic rings. The molecule has 2 amide bonds. The van der Waals surface area contributed by atoms with Crippen LogP contribution in [0, 0.1) is 10.1 Å². The van der Waals surface area contributed by atoms with Crippen LogP contribution in [0.3, 0.4) is 0 Å². The van der Waals surface area contributed by atoms with Gasteiger partial charge in [-0.3, -0.25) is 19.7 Å². The summed E-state index contributed by atoms with van der Waals surface area (Å²) in [6, 6.07) is 2.90. The Balaban J connectivity index is 2.32. The minimum Gasteiger partial charge on any atom is -0.478 e. The number of non-ortho nitro benzene ring substituents is 1. The number of carboxylic acids is 1. The average Bonchev–Trinajstić information content (AvgIpc) is 2.53. The highest BCUT2D eigenvalue weighted by atomic mass is 16.6. The number of amides is 2. The number of hydrogen-bond acceptors (Lipinski definition) is 6. The Morgan fingerprint density at radius 3 is 2.52 bits per heavy atom. The minimum absolute atomic E-state index is 0.0834. The van der Waals surface area contributed by atoms with Crippen LogP contribution in [-0.4, -0.2) is 58.5 Å². The van der Waals surface area contributed by atoms with Gasteiger partial charge in [0.25, 0.3) is 11.6 Å². The van der Waals surface area contributed by atoms with Gasteiger partial charge in [-0.2, -0.15) is 0 Å². The highest BCUT2D eigenvalue weighted by Crippen LogP contribution is 2.20. The first-order valence-electron chi connectivity index (χ1n) is 6.52. The molecule has 0 radical (unpaired) electrons. The van der Waals surface area contributed by atoms with E-state index in [1.807, 2.05) is 0 Å². The van der Waals surface area contributed by atoms with Crippen molar-refractivity contribution in [2.45, 2.75) is 6.10 Å². The second-order valence-corrected chi connectivity index (χ2v) is 4.84. The van der Waals surface area contributed by atoms with Crippen molar-refractivity contribution in [1.29, 1.82) is 0 Å². The lowest BCUT2D eigenvalue weighted by atomic mass is 10.1. The lowest BCUT2D eigenvalue weighted by Crippen LogP contribution is -2.50. The predicted octanol–water partition coefficient (Wildman–Crippen LogP) is -0.381. The maximum absolute atomic E-state index is 12.4. The van der Waals surface area contributed by atoms with Crippen LogP contribution in [-0.2, 0) is 9.53 Å². The second-order valence-electron chi connectivity index (χ2n) is 4.84. The first kappa shape index (κ1) is 16.4. The SMILES string of the molecule is NC(=O)C1CN(C(=O)c2cc(C(=O)O)cc([N+](=O)[O-])c2)CCO1.